The van der Waals surface area contributed by atoms with Gasteiger partial charge in [0.05, 0.1) is 17.0 Å². The van der Waals surface area contributed by atoms with Crippen molar-refractivity contribution >= 4 is 5.78 Å². The van der Waals surface area contributed by atoms with Crippen molar-refractivity contribution in [1.82, 2.24) is 0 Å². The topological polar surface area (TPSA) is 40.9 Å². The van der Waals surface area contributed by atoms with E-state index in [2.05, 4.69) is 6.07 Å². The van der Waals surface area contributed by atoms with Crippen molar-refractivity contribution in [2.75, 3.05) is 0 Å². The van der Waals surface area contributed by atoms with Gasteiger partial charge in [0, 0.05) is 6.42 Å². The van der Waals surface area contributed by atoms with E-state index in [1.807, 2.05) is 31.2 Å². The molecule has 2 heteroatoms. The minimum absolute atomic E-state index is 0.261. The maximum Gasteiger partial charge on any atom is 0.143 e. The van der Waals surface area contributed by atoms with Gasteiger partial charge in [0.15, 0.2) is 0 Å². The minimum Gasteiger partial charge on any atom is -0.299 e. The molecule has 17 heavy (non-hydrogen) atoms. The first kappa shape index (κ1) is 11.9. The summed E-state index contributed by atoms with van der Waals surface area (Å²) >= 11 is 0. The molecule has 0 amide bonds. The number of hydrogen-bond donors (Lipinski definition) is 0. The lowest BCUT2D eigenvalue weighted by Gasteiger charge is -2.27. The zero-order chi connectivity index (χ0) is 12.3. The normalized spacial score (nSPS) is 17.6. The van der Waals surface area contributed by atoms with E-state index in [0.29, 0.717) is 17.8 Å². The fourth-order valence-corrected chi connectivity index (χ4v) is 2.91. The third kappa shape index (κ3) is 1.98. The fraction of sp³-hybridized carbons (Fsp3) is 0.467. The second-order valence-corrected chi connectivity index (χ2v) is 4.76. The molecule has 0 radical (unpaired) electrons. The maximum atomic E-state index is 12.2. The third-order valence-electron chi connectivity index (χ3n) is 3.88. The van der Waals surface area contributed by atoms with Gasteiger partial charge in [0.2, 0.25) is 0 Å². The number of carbonyl (C=O) groups excluding carboxylic acids is 1. The highest BCUT2D eigenvalue weighted by Gasteiger charge is 2.40. The number of nitrogens with zero attached hydrogens (tertiary/aromatic N) is 1. The van der Waals surface area contributed by atoms with E-state index >= 15 is 0 Å². The maximum absolute atomic E-state index is 12.2. The van der Waals surface area contributed by atoms with Gasteiger partial charge >= 0.3 is 0 Å². The van der Waals surface area contributed by atoms with E-state index in [4.69, 9.17) is 5.26 Å². The van der Waals surface area contributed by atoms with Gasteiger partial charge in [-0.05, 0) is 30.5 Å². The third-order valence-corrected chi connectivity index (χ3v) is 3.88. The molecule has 0 unspecified atom stereocenters. The largest absolute Gasteiger partial charge is 0.299 e. The predicted octanol–water partition coefficient (Wildman–Crippen LogP) is 3.35. The number of benzene rings is 1. The number of carbonyl (C=O) groups is 1. The molecular weight excluding hydrogens is 210 g/mol. The molecule has 1 aromatic carbocycles. The van der Waals surface area contributed by atoms with Gasteiger partial charge in [-0.15, -0.1) is 0 Å². The van der Waals surface area contributed by atoms with Crippen LogP contribution >= 0.6 is 0 Å². The van der Waals surface area contributed by atoms with Crippen molar-refractivity contribution in [2.45, 2.75) is 44.4 Å². The Bertz CT molecular complexity index is 447. The molecule has 0 bridgehead atoms. The highest BCUT2D eigenvalue weighted by molar-refractivity contribution is 5.90. The Morgan fingerprint density at radius 1 is 1.29 bits per heavy atom. The van der Waals surface area contributed by atoms with Gasteiger partial charge in [-0.2, -0.15) is 5.26 Å². The van der Waals surface area contributed by atoms with Gasteiger partial charge < -0.3 is 0 Å². The Hall–Kier alpha value is -1.62. The summed E-state index contributed by atoms with van der Waals surface area (Å²) in [6.45, 7) is 1.94. The Kier molecular flexibility index (Phi) is 3.28. The molecule has 2 nitrogen and oxygen atoms in total. The Morgan fingerprint density at radius 3 is 2.35 bits per heavy atom. The zero-order valence-electron chi connectivity index (χ0n) is 10.2. The first-order chi connectivity index (χ1) is 8.23. The van der Waals surface area contributed by atoms with Crippen LogP contribution in [0, 0.1) is 11.3 Å². The average molecular weight is 227 g/mol. The van der Waals surface area contributed by atoms with Crippen LogP contribution in [0.2, 0.25) is 0 Å². The summed E-state index contributed by atoms with van der Waals surface area (Å²) in [5.74, 6) is 0.347. The zero-order valence-corrected chi connectivity index (χ0v) is 10.2. The summed E-state index contributed by atoms with van der Waals surface area (Å²) in [6.07, 6.45) is 4.79. The van der Waals surface area contributed by atoms with Crippen LogP contribution < -0.4 is 0 Å². The van der Waals surface area contributed by atoms with E-state index in [1.165, 1.54) is 0 Å². The summed E-state index contributed by atoms with van der Waals surface area (Å²) in [7, 11) is 0. The van der Waals surface area contributed by atoms with Crippen molar-refractivity contribution in [1.29, 1.82) is 5.26 Å². The second-order valence-electron chi connectivity index (χ2n) is 4.76. The standard InChI is InChI=1S/C15H17NO/c1-2-14(17)15(9-3-4-10-15)13-7-5-12(11-16)6-8-13/h5-8H,2-4,9-10H2,1H3. The summed E-state index contributed by atoms with van der Waals surface area (Å²) in [5.41, 5.74) is 1.50. The summed E-state index contributed by atoms with van der Waals surface area (Å²) in [6, 6.07) is 9.66. The second kappa shape index (κ2) is 4.71. The van der Waals surface area contributed by atoms with Gasteiger partial charge in [0.1, 0.15) is 5.78 Å². The quantitative estimate of drug-likeness (QED) is 0.794. The SMILES string of the molecule is CCC(=O)C1(c2ccc(C#N)cc2)CCCC1. The molecule has 1 aliphatic carbocycles. The molecule has 0 N–H and O–H groups in total. The van der Waals surface area contributed by atoms with Gasteiger partial charge in [-0.3, -0.25) is 4.79 Å². The number of rotatable bonds is 3. The molecule has 0 heterocycles. The molecular formula is C15H17NO. The molecule has 0 atom stereocenters. The van der Waals surface area contributed by atoms with Crippen LogP contribution in [-0.4, -0.2) is 5.78 Å². The Balaban J connectivity index is 2.39. The molecule has 0 aliphatic heterocycles. The van der Waals surface area contributed by atoms with Crippen molar-refractivity contribution < 1.29 is 4.79 Å². The molecule has 0 spiro atoms. The van der Waals surface area contributed by atoms with E-state index < -0.39 is 0 Å². The van der Waals surface area contributed by atoms with Crippen molar-refractivity contribution in [3.63, 3.8) is 0 Å². The minimum atomic E-state index is -0.261. The lowest BCUT2D eigenvalue weighted by molar-refractivity contribution is -0.124. The highest BCUT2D eigenvalue weighted by atomic mass is 16.1. The van der Waals surface area contributed by atoms with Crippen LogP contribution in [-0.2, 0) is 10.2 Å². The number of Topliss-reactive ketones (excluding diaryl/α,β-unsaturated/α-hetero) is 1. The van der Waals surface area contributed by atoms with Crippen LogP contribution in [0.4, 0.5) is 0 Å². The summed E-state index contributed by atoms with van der Waals surface area (Å²) in [4.78, 5) is 12.2. The fourth-order valence-electron chi connectivity index (χ4n) is 2.91. The van der Waals surface area contributed by atoms with Crippen LogP contribution in [0.15, 0.2) is 24.3 Å². The highest BCUT2D eigenvalue weighted by Crippen LogP contribution is 2.42. The molecule has 1 aromatic rings. The van der Waals surface area contributed by atoms with Crippen molar-refractivity contribution in [2.24, 2.45) is 0 Å². The number of ketones is 1. The molecule has 1 aliphatic rings. The predicted molar refractivity (Wildman–Crippen MR) is 66.6 cm³/mol. The lowest BCUT2D eigenvalue weighted by atomic mass is 9.74. The van der Waals surface area contributed by atoms with E-state index in [1.54, 1.807) is 0 Å². The molecule has 0 saturated heterocycles. The van der Waals surface area contributed by atoms with Crippen LogP contribution in [0.3, 0.4) is 0 Å². The van der Waals surface area contributed by atoms with Gasteiger partial charge in [-0.1, -0.05) is 31.9 Å². The smallest absolute Gasteiger partial charge is 0.143 e. The Labute approximate surface area is 102 Å². The monoisotopic (exact) mass is 227 g/mol. The first-order valence-corrected chi connectivity index (χ1v) is 6.27. The lowest BCUT2D eigenvalue weighted by Crippen LogP contribution is -2.32. The molecule has 88 valence electrons. The van der Waals surface area contributed by atoms with Crippen LogP contribution in [0.25, 0.3) is 0 Å². The van der Waals surface area contributed by atoms with Crippen molar-refractivity contribution in [3.8, 4) is 6.07 Å². The van der Waals surface area contributed by atoms with Crippen LogP contribution in [0.1, 0.15) is 50.2 Å². The van der Waals surface area contributed by atoms with E-state index in [9.17, 15) is 4.79 Å². The average Bonchev–Trinajstić information content (AvgIpc) is 2.88. The molecule has 1 saturated carbocycles. The molecule has 1 fully saturated rings. The van der Waals surface area contributed by atoms with E-state index in [-0.39, 0.29) is 5.41 Å². The van der Waals surface area contributed by atoms with E-state index in [0.717, 1.165) is 31.2 Å². The summed E-state index contributed by atoms with van der Waals surface area (Å²) in [5, 5.41) is 8.80. The summed E-state index contributed by atoms with van der Waals surface area (Å²) < 4.78 is 0. The van der Waals surface area contributed by atoms with Crippen molar-refractivity contribution in [3.05, 3.63) is 35.4 Å². The van der Waals surface area contributed by atoms with Gasteiger partial charge in [0.25, 0.3) is 0 Å². The van der Waals surface area contributed by atoms with Crippen LogP contribution in [0.5, 0.6) is 0 Å². The number of hydrogen-bond acceptors (Lipinski definition) is 2. The number of nitriles is 1. The first-order valence-electron chi connectivity index (χ1n) is 6.27. The molecule has 2 rings (SSSR count). The molecule has 0 aromatic heterocycles. The Morgan fingerprint density at radius 2 is 1.88 bits per heavy atom. The van der Waals surface area contributed by atoms with Gasteiger partial charge in [-0.25, -0.2) is 0 Å².